The highest BCUT2D eigenvalue weighted by Gasteiger charge is 2.43. The third kappa shape index (κ3) is 2.73. The van der Waals surface area contributed by atoms with Gasteiger partial charge >= 0.3 is 0 Å². The van der Waals surface area contributed by atoms with Crippen LogP contribution in [0, 0.1) is 5.92 Å². The molecule has 0 radical (unpaired) electrons. The topological polar surface area (TPSA) is 55.1 Å². The quantitative estimate of drug-likeness (QED) is 0.894. The Labute approximate surface area is 118 Å². The molecule has 2 unspecified atom stereocenters. The summed E-state index contributed by atoms with van der Waals surface area (Å²) in [6.45, 7) is 0.521. The maximum absolute atomic E-state index is 12.2. The summed E-state index contributed by atoms with van der Waals surface area (Å²) in [5.41, 5.74) is 8.72. The summed E-state index contributed by atoms with van der Waals surface area (Å²) in [4.78, 5) is 12.2. The van der Waals surface area contributed by atoms with Crippen LogP contribution in [0.5, 0.6) is 0 Å². The molecule has 0 saturated heterocycles. The fourth-order valence-corrected chi connectivity index (χ4v) is 2.51. The van der Waals surface area contributed by atoms with E-state index in [4.69, 9.17) is 5.73 Å². The lowest BCUT2D eigenvalue weighted by molar-refractivity contribution is -0.117. The van der Waals surface area contributed by atoms with Gasteiger partial charge in [0, 0.05) is 18.2 Å². The number of nitrogens with two attached hydrogens (primary N) is 1. The molecule has 2 aromatic carbocycles. The van der Waals surface area contributed by atoms with Crippen LogP contribution in [-0.4, -0.2) is 5.91 Å². The van der Waals surface area contributed by atoms with Crippen molar-refractivity contribution in [3.63, 3.8) is 0 Å². The molecule has 1 amide bonds. The first kappa shape index (κ1) is 12.9. The van der Waals surface area contributed by atoms with Gasteiger partial charge in [-0.2, -0.15) is 0 Å². The molecule has 3 rings (SSSR count). The van der Waals surface area contributed by atoms with Gasteiger partial charge in [0.1, 0.15) is 0 Å². The van der Waals surface area contributed by atoms with E-state index in [1.807, 2.05) is 42.5 Å². The molecule has 0 aliphatic heterocycles. The van der Waals surface area contributed by atoms with Gasteiger partial charge in [-0.3, -0.25) is 4.79 Å². The molecular formula is C17H18N2O. The molecule has 2 aromatic rings. The van der Waals surface area contributed by atoms with E-state index in [0.29, 0.717) is 12.5 Å². The molecule has 1 fully saturated rings. The largest absolute Gasteiger partial charge is 0.326 e. The van der Waals surface area contributed by atoms with Crippen LogP contribution in [0.25, 0.3) is 0 Å². The van der Waals surface area contributed by atoms with Crippen LogP contribution in [0.4, 0.5) is 5.69 Å². The van der Waals surface area contributed by atoms with Crippen molar-refractivity contribution < 1.29 is 4.79 Å². The molecule has 3 N–H and O–H groups in total. The number of hydrogen-bond acceptors (Lipinski definition) is 2. The van der Waals surface area contributed by atoms with Crippen LogP contribution in [0.3, 0.4) is 0 Å². The summed E-state index contributed by atoms with van der Waals surface area (Å²) in [6, 6.07) is 17.9. The average molecular weight is 266 g/mol. The number of carbonyl (C=O) groups is 1. The lowest BCUT2D eigenvalue weighted by Crippen LogP contribution is -2.14. The zero-order valence-corrected chi connectivity index (χ0v) is 11.3. The maximum atomic E-state index is 12.2. The Balaban J connectivity index is 1.61. The fraction of sp³-hybridized carbons (Fsp3) is 0.235. The van der Waals surface area contributed by atoms with E-state index in [0.717, 1.165) is 17.7 Å². The zero-order chi connectivity index (χ0) is 13.9. The molecule has 1 aliphatic carbocycles. The SMILES string of the molecule is NCc1ccc(NC(=O)C2CC2c2ccccc2)cc1. The minimum absolute atomic E-state index is 0.103. The smallest absolute Gasteiger partial charge is 0.228 e. The second-order valence-corrected chi connectivity index (χ2v) is 5.25. The lowest BCUT2D eigenvalue weighted by atomic mass is 10.1. The van der Waals surface area contributed by atoms with E-state index in [-0.39, 0.29) is 11.8 Å². The zero-order valence-electron chi connectivity index (χ0n) is 11.3. The van der Waals surface area contributed by atoms with Gasteiger partial charge < -0.3 is 11.1 Å². The molecule has 0 aromatic heterocycles. The third-order valence-electron chi connectivity index (χ3n) is 3.81. The first-order valence-electron chi connectivity index (χ1n) is 6.93. The van der Waals surface area contributed by atoms with E-state index in [9.17, 15) is 4.79 Å². The Hall–Kier alpha value is -2.13. The van der Waals surface area contributed by atoms with Crippen LogP contribution in [-0.2, 0) is 11.3 Å². The van der Waals surface area contributed by atoms with Crippen molar-refractivity contribution in [3.8, 4) is 0 Å². The summed E-state index contributed by atoms with van der Waals surface area (Å²) in [7, 11) is 0. The van der Waals surface area contributed by atoms with E-state index in [2.05, 4.69) is 17.4 Å². The van der Waals surface area contributed by atoms with Crippen LogP contribution in [0.1, 0.15) is 23.5 Å². The molecule has 3 nitrogen and oxygen atoms in total. The first-order valence-corrected chi connectivity index (χ1v) is 6.93. The molecule has 102 valence electrons. The maximum Gasteiger partial charge on any atom is 0.228 e. The molecular weight excluding hydrogens is 248 g/mol. The van der Waals surface area contributed by atoms with Crippen molar-refractivity contribution in [2.75, 3.05) is 5.32 Å². The molecule has 1 aliphatic rings. The van der Waals surface area contributed by atoms with Crippen LogP contribution >= 0.6 is 0 Å². The number of hydrogen-bond donors (Lipinski definition) is 2. The Morgan fingerprint density at radius 3 is 2.45 bits per heavy atom. The number of anilines is 1. The van der Waals surface area contributed by atoms with E-state index >= 15 is 0 Å². The molecule has 0 bridgehead atoms. The Kier molecular flexibility index (Phi) is 3.52. The normalized spacial score (nSPS) is 20.4. The van der Waals surface area contributed by atoms with Crippen molar-refractivity contribution in [1.82, 2.24) is 0 Å². The van der Waals surface area contributed by atoms with Gasteiger partial charge in [0.2, 0.25) is 5.91 Å². The van der Waals surface area contributed by atoms with Gasteiger partial charge in [-0.25, -0.2) is 0 Å². The van der Waals surface area contributed by atoms with Gasteiger partial charge in [0.25, 0.3) is 0 Å². The summed E-state index contributed by atoms with van der Waals surface area (Å²) in [5.74, 6) is 0.588. The monoisotopic (exact) mass is 266 g/mol. The van der Waals surface area contributed by atoms with Gasteiger partial charge in [0.15, 0.2) is 0 Å². The predicted octanol–water partition coefficient (Wildman–Crippen LogP) is 2.89. The Morgan fingerprint density at radius 1 is 1.10 bits per heavy atom. The van der Waals surface area contributed by atoms with Crippen molar-refractivity contribution in [3.05, 3.63) is 65.7 Å². The summed E-state index contributed by atoms with van der Waals surface area (Å²) >= 11 is 0. The van der Waals surface area contributed by atoms with Crippen molar-refractivity contribution in [2.45, 2.75) is 18.9 Å². The predicted molar refractivity (Wildman–Crippen MR) is 80.3 cm³/mol. The number of carbonyl (C=O) groups excluding carboxylic acids is 1. The number of rotatable bonds is 4. The second kappa shape index (κ2) is 5.47. The van der Waals surface area contributed by atoms with Crippen LogP contribution in [0.15, 0.2) is 54.6 Å². The minimum atomic E-state index is 0.103. The number of amides is 1. The fourth-order valence-electron chi connectivity index (χ4n) is 2.51. The molecule has 0 spiro atoms. The highest BCUT2D eigenvalue weighted by molar-refractivity contribution is 5.95. The summed E-state index contributed by atoms with van der Waals surface area (Å²) in [5, 5.41) is 2.98. The number of nitrogens with one attached hydrogen (secondary N) is 1. The highest BCUT2D eigenvalue weighted by Crippen LogP contribution is 2.47. The third-order valence-corrected chi connectivity index (χ3v) is 3.81. The van der Waals surface area contributed by atoms with Crippen LogP contribution in [0.2, 0.25) is 0 Å². The van der Waals surface area contributed by atoms with Crippen LogP contribution < -0.4 is 11.1 Å². The van der Waals surface area contributed by atoms with Gasteiger partial charge in [0.05, 0.1) is 0 Å². The standard InChI is InChI=1S/C17H18N2O/c18-11-12-6-8-14(9-7-12)19-17(20)16-10-15(16)13-4-2-1-3-5-13/h1-9,15-16H,10-11,18H2,(H,19,20). The van der Waals surface area contributed by atoms with Gasteiger partial charge in [-0.1, -0.05) is 42.5 Å². The first-order chi connectivity index (χ1) is 9.78. The Morgan fingerprint density at radius 2 is 1.80 bits per heavy atom. The second-order valence-electron chi connectivity index (χ2n) is 5.25. The average Bonchev–Trinajstić information content (AvgIpc) is 3.29. The minimum Gasteiger partial charge on any atom is -0.326 e. The van der Waals surface area contributed by atoms with Gasteiger partial charge in [-0.15, -0.1) is 0 Å². The van der Waals surface area contributed by atoms with E-state index in [1.165, 1.54) is 5.56 Å². The lowest BCUT2D eigenvalue weighted by Gasteiger charge is -2.06. The molecule has 0 heterocycles. The van der Waals surface area contributed by atoms with Crippen molar-refractivity contribution >= 4 is 11.6 Å². The Bertz CT molecular complexity index is 592. The molecule has 3 heteroatoms. The molecule has 2 atom stereocenters. The van der Waals surface area contributed by atoms with E-state index < -0.39 is 0 Å². The summed E-state index contributed by atoms with van der Waals surface area (Å²) < 4.78 is 0. The van der Waals surface area contributed by atoms with Gasteiger partial charge in [-0.05, 0) is 35.6 Å². The number of benzene rings is 2. The van der Waals surface area contributed by atoms with Crippen molar-refractivity contribution in [1.29, 1.82) is 0 Å². The highest BCUT2D eigenvalue weighted by atomic mass is 16.2. The van der Waals surface area contributed by atoms with E-state index in [1.54, 1.807) is 0 Å². The molecule has 20 heavy (non-hydrogen) atoms. The summed E-state index contributed by atoms with van der Waals surface area (Å²) in [6.07, 6.45) is 0.941. The van der Waals surface area contributed by atoms with Crippen molar-refractivity contribution in [2.24, 2.45) is 11.7 Å². The molecule has 1 saturated carbocycles.